The summed E-state index contributed by atoms with van der Waals surface area (Å²) in [6, 6.07) is 9.91. The van der Waals surface area contributed by atoms with Gasteiger partial charge in [-0.05, 0) is 35.8 Å². The van der Waals surface area contributed by atoms with Crippen molar-refractivity contribution in [2.75, 3.05) is 36.8 Å². The number of nitrogens with zero attached hydrogens (tertiary/aromatic N) is 4. The van der Waals surface area contributed by atoms with E-state index in [0.29, 0.717) is 53.0 Å². The summed E-state index contributed by atoms with van der Waals surface area (Å²) in [7, 11) is 0. The largest absolute Gasteiger partial charge is 0.384 e. The van der Waals surface area contributed by atoms with Gasteiger partial charge in [0.25, 0.3) is 0 Å². The highest BCUT2D eigenvalue weighted by Gasteiger charge is 2.26. The van der Waals surface area contributed by atoms with Gasteiger partial charge in [-0.3, -0.25) is 4.79 Å². The first-order chi connectivity index (χ1) is 15.5. The molecule has 0 saturated carbocycles. The number of aromatic nitrogens is 2. The van der Waals surface area contributed by atoms with Gasteiger partial charge in [-0.15, -0.1) is 0 Å². The van der Waals surface area contributed by atoms with Gasteiger partial charge in [-0.25, -0.2) is 13.8 Å². The van der Waals surface area contributed by atoms with E-state index in [1.807, 2.05) is 4.90 Å². The number of anilines is 2. The Morgan fingerprint density at radius 2 is 1.88 bits per heavy atom. The molecule has 0 radical (unpaired) electrons. The van der Waals surface area contributed by atoms with Crippen molar-refractivity contribution < 1.29 is 13.6 Å². The lowest BCUT2D eigenvalue weighted by molar-refractivity contribution is -0.126. The second kappa shape index (κ2) is 7.83. The molecule has 2 N–H and O–H groups in total. The predicted molar refractivity (Wildman–Crippen MR) is 124 cm³/mol. The molecule has 0 aliphatic carbocycles. The fourth-order valence-corrected chi connectivity index (χ4v) is 5.04. The van der Waals surface area contributed by atoms with E-state index >= 15 is 8.78 Å². The second-order valence-electron chi connectivity index (χ2n) is 7.56. The molecular formula is C23H19F2N5OS. The third-order valence-corrected chi connectivity index (χ3v) is 6.63. The molecule has 1 aliphatic heterocycles. The van der Waals surface area contributed by atoms with Gasteiger partial charge in [-0.1, -0.05) is 24.8 Å². The van der Waals surface area contributed by atoms with Gasteiger partial charge >= 0.3 is 0 Å². The number of hydrogen-bond acceptors (Lipinski definition) is 6. The van der Waals surface area contributed by atoms with Crippen molar-refractivity contribution in [3.05, 3.63) is 60.7 Å². The summed E-state index contributed by atoms with van der Waals surface area (Å²) in [6.07, 6.45) is 1.29. The van der Waals surface area contributed by atoms with Crippen molar-refractivity contribution >= 4 is 50.1 Å². The number of pyridine rings is 1. The van der Waals surface area contributed by atoms with Crippen molar-refractivity contribution in [2.24, 2.45) is 0 Å². The van der Waals surface area contributed by atoms with Crippen LogP contribution in [0, 0.1) is 11.6 Å². The quantitative estimate of drug-likeness (QED) is 0.473. The number of rotatable bonds is 3. The third-order valence-electron chi connectivity index (χ3n) is 5.70. The lowest BCUT2D eigenvalue weighted by Crippen LogP contribution is -2.48. The number of nitrogen functional groups attached to an aromatic ring is 1. The van der Waals surface area contributed by atoms with Crippen LogP contribution in [0.25, 0.3) is 32.9 Å². The van der Waals surface area contributed by atoms with Crippen LogP contribution in [0.4, 0.5) is 19.6 Å². The number of amides is 1. The molecule has 1 aliphatic rings. The highest BCUT2D eigenvalue weighted by atomic mass is 32.1. The zero-order chi connectivity index (χ0) is 22.4. The van der Waals surface area contributed by atoms with E-state index in [1.165, 1.54) is 18.2 Å². The molecule has 1 saturated heterocycles. The Kier molecular flexibility index (Phi) is 4.97. The minimum Gasteiger partial charge on any atom is -0.384 e. The van der Waals surface area contributed by atoms with E-state index in [-0.39, 0.29) is 22.8 Å². The van der Waals surface area contributed by atoms with Crippen LogP contribution in [0.1, 0.15) is 0 Å². The van der Waals surface area contributed by atoms with E-state index in [2.05, 4.69) is 15.9 Å². The molecule has 0 bridgehead atoms. The summed E-state index contributed by atoms with van der Waals surface area (Å²) in [4.78, 5) is 19.8. The van der Waals surface area contributed by atoms with E-state index < -0.39 is 11.6 Å². The van der Waals surface area contributed by atoms with E-state index in [4.69, 9.17) is 5.73 Å². The maximum Gasteiger partial charge on any atom is 0.246 e. The molecule has 3 heterocycles. The summed E-state index contributed by atoms with van der Waals surface area (Å²) in [5.74, 6) is -1.35. The molecular weight excluding hydrogens is 432 g/mol. The Hall–Kier alpha value is -3.59. The Morgan fingerprint density at radius 3 is 2.62 bits per heavy atom. The van der Waals surface area contributed by atoms with Crippen LogP contribution in [-0.4, -0.2) is 46.3 Å². The molecule has 9 heteroatoms. The van der Waals surface area contributed by atoms with Crippen LogP contribution in [0.2, 0.25) is 0 Å². The number of para-hydroxylation sites is 1. The molecule has 5 rings (SSSR count). The van der Waals surface area contributed by atoms with Crippen molar-refractivity contribution in [2.45, 2.75) is 0 Å². The maximum atomic E-state index is 15.6. The summed E-state index contributed by atoms with van der Waals surface area (Å²) in [6.45, 7) is 5.63. The summed E-state index contributed by atoms with van der Waals surface area (Å²) in [5, 5.41) is 1.72. The monoisotopic (exact) mass is 451 g/mol. The fourth-order valence-electron chi connectivity index (χ4n) is 4.14. The molecule has 32 heavy (non-hydrogen) atoms. The van der Waals surface area contributed by atoms with E-state index in [1.54, 1.807) is 29.2 Å². The molecule has 0 unspecified atom stereocenters. The first-order valence-corrected chi connectivity index (χ1v) is 10.8. The standard InChI is InChI=1S/C23H19F2N5OS/c1-2-19(31)29-7-9-30(10-8-29)23-15-11-16(24)20(21(25)22(15)28-32-23)14-12-18(26)27-17-6-4-3-5-13(14)17/h2-6,11-12H,1,7-10H2,(H2,26,27). The Labute approximate surface area is 186 Å². The molecule has 6 nitrogen and oxygen atoms in total. The Bertz CT molecular complexity index is 1380. The number of benzene rings is 2. The number of fused-ring (bicyclic) bond motifs is 2. The number of piperazine rings is 1. The molecule has 1 amide bonds. The topological polar surface area (TPSA) is 75.4 Å². The molecule has 0 atom stereocenters. The van der Waals surface area contributed by atoms with Crippen molar-refractivity contribution in [1.82, 2.24) is 14.3 Å². The predicted octanol–water partition coefficient (Wildman–Crippen LogP) is 4.21. The SMILES string of the molecule is C=CC(=O)N1CCN(c2snc3c(F)c(-c4cc(N)nc5ccccc45)c(F)cc23)CC1. The molecule has 162 valence electrons. The first-order valence-electron chi connectivity index (χ1n) is 10.1. The molecule has 2 aromatic heterocycles. The Balaban J connectivity index is 1.58. The zero-order valence-electron chi connectivity index (χ0n) is 17.0. The molecule has 1 fully saturated rings. The summed E-state index contributed by atoms with van der Waals surface area (Å²) < 4.78 is 35.3. The van der Waals surface area contributed by atoms with Crippen molar-refractivity contribution in [3.63, 3.8) is 0 Å². The lowest BCUT2D eigenvalue weighted by Gasteiger charge is -2.34. The number of nitrogens with two attached hydrogens (primary N) is 1. The number of carbonyl (C=O) groups is 1. The highest BCUT2D eigenvalue weighted by Crippen LogP contribution is 2.40. The smallest absolute Gasteiger partial charge is 0.246 e. The number of carbonyl (C=O) groups excluding carboxylic acids is 1. The Morgan fingerprint density at radius 1 is 1.12 bits per heavy atom. The summed E-state index contributed by atoms with van der Waals surface area (Å²) in [5.41, 5.74) is 6.77. The van der Waals surface area contributed by atoms with Crippen LogP contribution in [0.15, 0.2) is 49.1 Å². The average Bonchev–Trinajstić information content (AvgIpc) is 3.22. The van der Waals surface area contributed by atoms with Gasteiger partial charge in [0, 0.05) is 42.5 Å². The van der Waals surface area contributed by atoms with Gasteiger partial charge < -0.3 is 15.5 Å². The zero-order valence-corrected chi connectivity index (χ0v) is 17.8. The lowest BCUT2D eigenvalue weighted by atomic mass is 9.98. The third kappa shape index (κ3) is 3.25. The second-order valence-corrected chi connectivity index (χ2v) is 8.31. The van der Waals surface area contributed by atoms with Crippen LogP contribution in [-0.2, 0) is 4.79 Å². The maximum absolute atomic E-state index is 15.6. The van der Waals surface area contributed by atoms with Crippen LogP contribution >= 0.6 is 11.5 Å². The number of hydrogen-bond donors (Lipinski definition) is 1. The van der Waals surface area contributed by atoms with Gasteiger partial charge in [0.2, 0.25) is 5.91 Å². The first kappa shape index (κ1) is 20.3. The van der Waals surface area contributed by atoms with Gasteiger partial charge in [-0.2, -0.15) is 4.37 Å². The van der Waals surface area contributed by atoms with E-state index in [9.17, 15) is 4.79 Å². The van der Waals surface area contributed by atoms with Crippen molar-refractivity contribution in [3.8, 4) is 11.1 Å². The fraction of sp³-hybridized carbons (Fsp3) is 0.174. The molecule has 4 aromatic rings. The van der Waals surface area contributed by atoms with Gasteiger partial charge in [0.1, 0.15) is 22.2 Å². The van der Waals surface area contributed by atoms with E-state index in [0.717, 1.165) is 11.5 Å². The average molecular weight is 452 g/mol. The van der Waals surface area contributed by atoms with Crippen LogP contribution in [0.5, 0.6) is 0 Å². The van der Waals surface area contributed by atoms with Crippen molar-refractivity contribution in [1.29, 1.82) is 0 Å². The minimum atomic E-state index is -0.723. The van der Waals surface area contributed by atoms with Crippen LogP contribution < -0.4 is 10.6 Å². The number of halogens is 2. The molecule has 0 spiro atoms. The normalized spacial score (nSPS) is 14.3. The van der Waals surface area contributed by atoms with Crippen LogP contribution in [0.3, 0.4) is 0 Å². The minimum absolute atomic E-state index is 0.116. The molecule has 2 aromatic carbocycles. The van der Waals surface area contributed by atoms with Gasteiger partial charge in [0.05, 0.1) is 11.1 Å². The van der Waals surface area contributed by atoms with Gasteiger partial charge in [0.15, 0.2) is 5.82 Å². The highest BCUT2D eigenvalue weighted by molar-refractivity contribution is 7.11. The summed E-state index contributed by atoms with van der Waals surface area (Å²) >= 11 is 1.13.